The van der Waals surface area contributed by atoms with Gasteiger partial charge in [-0.15, -0.1) is 0 Å². The van der Waals surface area contributed by atoms with Crippen molar-refractivity contribution in [2.24, 2.45) is 5.92 Å². The first-order chi connectivity index (χ1) is 17.7. The molecule has 2 aliphatic rings. The van der Waals surface area contributed by atoms with Gasteiger partial charge in [0.1, 0.15) is 11.5 Å². The van der Waals surface area contributed by atoms with Gasteiger partial charge >= 0.3 is 6.18 Å². The molecule has 0 saturated carbocycles. The van der Waals surface area contributed by atoms with Crippen molar-refractivity contribution in [3.8, 4) is 11.1 Å². The van der Waals surface area contributed by atoms with Crippen molar-refractivity contribution in [2.45, 2.75) is 32.4 Å². The second-order valence-corrected chi connectivity index (χ2v) is 9.03. The Morgan fingerprint density at radius 1 is 1.16 bits per heavy atom. The van der Waals surface area contributed by atoms with E-state index in [0.29, 0.717) is 55.0 Å². The van der Waals surface area contributed by atoms with Gasteiger partial charge in [0.05, 0.1) is 24.4 Å². The summed E-state index contributed by atoms with van der Waals surface area (Å²) in [5.41, 5.74) is 2.14. The highest BCUT2D eigenvalue weighted by Crippen LogP contribution is 2.43. The summed E-state index contributed by atoms with van der Waals surface area (Å²) in [5.74, 6) is -0.308. The number of pyridine rings is 3. The molecule has 8 nitrogen and oxygen atoms in total. The zero-order valence-corrected chi connectivity index (χ0v) is 20.2. The number of hydrogen-bond donors (Lipinski definition) is 1. The normalized spacial score (nSPS) is 19.3. The molecule has 1 fully saturated rings. The number of hydrogen-bond acceptors (Lipinski definition) is 6. The number of amides is 2. The van der Waals surface area contributed by atoms with Crippen LogP contribution in [0.3, 0.4) is 0 Å². The van der Waals surface area contributed by atoms with Crippen molar-refractivity contribution < 1.29 is 27.5 Å². The number of carbonyl (C=O) groups is 2. The molecule has 0 aliphatic carbocycles. The summed E-state index contributed by atoms with van der Waals surface area (Å²) in [4.78, 5) is 39.7. The molecule has 1 saturated heterocycles. The third-order valence-electron chi connectivity index (χ3n) is 6.77. The maximum Gasteiger partial charge on any atom is 0.433 e. The van der Waals surface area contributed by atoms with E-state index in [2.05, 4.69) is 20.3 Å². The van der Waals surface area contributed by atoms with Crippen molar-refractivity contribution in [1.29, 1.82) is 0 Å². The molecule has 0 unspecified atom stereocenters. The van der Waals surface area contributed by atoms with Gasteiger partial charge in [0.2, 0.25) is 5.91 Å². The highest BCUT2D eigenvalue weighted by Gasteiger charge is 2.42. The summed E-state index contributed by atoms with van der Waals surface area (Å²) in [7, 11) is 0. The third-order valence-corrected chi connectivity index (χ3v) is 6.77. The maximum absolute atomic E-state index is 13.0. The van der Waals surface area contributed by atoms with E-state index < -0.39 is 17.8 Å². The van der Waals surface area contributed by atoms with E-state index in [4.69, 9.17) is 4.74 Å². The number of aryl methyl sites for hydroxylation is 1. The minimum absolute atomic E-state index is 0.00262. The Kier molecular flexibility index (Phi) is 6.40. The molecule has 37 heavy (non-hydrogen) atoms. The van der Waals surface area contributed by atoms with E-state index in [0.717, 1.165) is 17.3 Å². The number of alkyl halides is 3. The van der Waals surface area contributed by atoms with Crippen LogP contribution in [0.2, 0.25) is 0 Å². The van der Waals surface area contributed by atoms with Crippen LogP contribution in [0.4, 0.5) is 24.7 Å². The average Bonchev–Trinajstić information content (AvgIpc) is 2.89. The van der Waals surface area contributed by atoms with Crippen LogP contribution in [0.5, 0.6) is 0 Å². The third kappa shape index (κ3) is 4.66. The first kappa shape index (κ1) is 24.8. The summed E-state index contributed by atoms with van der Waals surface area (Å²) in [6.07, 6.45) is 0.118. The molecule has 2 aliphatic heterocycles. The smallest absolute Gasteiger partial charge is 0.381 e. The number of halogens is 3. The van der Waals surface area contributed by atoms with Crippen molar-refractivity contribution in [3.05, 3.63) is 65.4 Å². The highest BCUT2D eigenvalue weighted by molar-refractivity contribution is 6.04. The first-order valence-corrected chi connectivity index (χ1v) is 11.9. The SMILES string of the molecule is CCN1C(=O)[C@@H]2COCC[C@H]2c2cc(-c3cc(NC(=O)c4ccnc(C(F)(F)F)c4)cnc3C)cnc21. The molecule has 11 heteroatoms. The molecular formula is C26H24F3N5O3. The van der Waals surface area contributed by atoms with E-state index in [1.54, 1.807) is 17.2 Å². The number of carbonyl (C=O) groups excluding carboxylic acids is 2. The van der Waals surface area contributed by atoms with Crippen LogP contribution in [-0.4, -0.2) is 46.5 Å². The topological polar surface area (TPSA) is 97.3 Å². The number of aromatic nitrogens is 3. The van der Waals surface area contributed by atoms with Crippen LogP contribution < -0.4 is 10.2 Å². The standard InChI is InChI=1S/C26H24F3N5O3/c1-3-34-23-20(18-5-7-37-13-21(18)25(34)36)8-16(11-32-23)19-10-17(12-31-14(19)2)33-24(35)15-4-6-30-22(9-15)26(27,28)29/h4,6,8-12,18,21H,3,5,7,13H2,1-2H3,(H,33,35)/t18-,21+/m0/s1. The van der Waals surface area contributed by atoms with Crippen LogP contribution in [0, 0.1) is 12.8 Å². The van der Waals surface area contributed by atoms with Crippen LogP contribution in [-0.2, 0) is 15.7 Å². The van der Waals surface area contributed by atoms with Gasteiger partial charge in [0, 0.05) is 53.8 Å². The fourth-order valence-corrected chi connectivity index (χ4v) is 4.91. The second-order valence-electron chi connectivity index (χ2n) is 9.03. The first-order valence-electron chi connectivity index (χ1n) is 11.9. The van der Waals surface area contributed by atoms with E-state index in [9.17, 15) is 22.8 Å². The van der Waals surface area contributed by atoms with Crippen LogP contribution in [0.25, 0.3) is 11.1 Å². The Morgan fingerprint density at radius 2 is 1.97 bits per heavy atom. The molecule has 5 rings (SSSR count). The summed E-state index contributed by atoms with van der Waals surface area (Å²) in [6, 6.07) is 5.64. The van der Waals surface area contributed by atoms with Crippen molar-refractivity contribution in [1.82, 2.24) is 15.0 Å². The number of nitrogens with one attached hydrogen (secondary N) is 1. The zero-order chi connectivity index (χ0) is 26.3. The van der Waals surface area contributed by atoms with E-state index in [1.807, 2.05) is 19.9 Å². The van der Waals surface area contributed by atoms with Crippen LogP contribution in [0.15, 0.2) is 42.9 Å². The van der Waals surface area contributed by atoms with Crippen molar-refractivity contribution in [2.75, 3.05) is 30.0 Å². The van der Waals surface area contributed by atoms with Crippen LogP contribution in [0.1, 0.15) is 46.6 Å². The predicted octanol–water partition coefficient (Wildman–Crippen LogP) is 4.60. The van der Waals surface area contributed by atoms with Gasteiger partial charge in [-0.05, 0) is 50.1 Å². The lowest BCUT2D eigenvalue weighted by atomic mass is 9.78. The molecule has 0 spiro atoms. The van der Waals surface area contributed by atoms with Gasteiger partial charge in [-0.2, -0.15) is 13.2 Å². The lowest BCUT2D eigenvalue weighted by Gasteiger charge is -2.40. The van der Waals surface area contributed by atoms with Gasteiger partial charge in [-0.3, -0.25) is 24.5 Å². The number of fused-ring (bicyclic) bond motifs is 3. The average molecular weight is 512 g/mol. The van der Waals surface area contributed by atoms with Crippen molar-refractivity contribution >= 4 is 23.3 Å². The minimum Gasteiger partial charge on any atom is -0.381 e. The van der Waals surface area contributed by atoms with Gasteiger partial charge in [0.25, 0.3) is 5.91 Å². The summed E-state index contributed by atoms with van der Waals surface area (Å²) in [5, 5.41) is 2.62. The second kappa shape index (κ2) is 9.55. The quantitative estimate of drug-likeness (QED) is 0.550. The Balaban J connectivity index is 1.47. The molecule has 0 aromatic carbocycles. The Labute approximate surface area is 210 Å². The van der Waals surface area contributed by atoms with E-state index >= 15 is 0 Å². The Hall–Kier alpha value is -3.86. The molecule has 192 valence electrons. The largest absolute Gasteiger partial charge is 0.433 e. The van der Waals surface area contributed by atoms with Gasteiger partial charge in [-0.1, -0.05) is 0 Å². The number of anilines is 2. The Morgan fingerprint density at radius 3 is 2.73 bits per heavy atom. The van der Waals surface area contributed by atoms with Crippen molar-refractivity contribution in [3.63, 3.8) is 0 Å². The Bertz CT molecular complexity index is 1380. The molecule has 3 aromatic rings. The van der Waals surface area contributed by atoms with Gasteiger partial charge in [0.15, 0.2) is 0 Å². The molecule has 0 bridgehead atoms. The molecule has 0 radical (unpaired) electrons. The number of ether oxygens (including phenoxy) is 1. The summed E-state index contributed by atoms with van der Waals surface area (Å²) >= 11 is 0. The highest BCUT2D eigenvalue weighted by atomic mass is 19.4. The van der Waals surface area contributed by atoms with E-state index in [1.165, 1.54) is 12.3 Å². The van der Waals surface area contributed by atoms with Gasteiger partial charge < -0.3 is 10.1 Å². The number of nitrogens with zero attached hydrogens (tertiary/aromatic N) is 4. The minimum atomic E-state index is -4.66. The molecule has 2 amide bonds. The lowest BCUT2D eigenvalue weighted by molar-refractivity contribution is -0.141. The zero-order valence-electron chi connectivity index (χ0n) is 20.2. The van der Waals surface area contributed by atoms with Crippen LogP contribution >= 0.6 is 0 Å². The summed E-state index contributed by atoms with van der Waals surface area (Å²) in [6.45, 7) is 5.16. The molecule has 3 aromatic heterocycles. The number of rotatable bonds is 4. The summed E-state index contributed by atoms with van der Waals surface area (Å²) < 4.78 is 44.6. The predicted molar refractivity (Wildman–Crippen MR) is 129 cm³/mol. The molecule has 2 atom stereocenters. The fraction of sp³-hybridized carbons (Fsp3) is 0.346. The fourth-order valence-electron chi connectivity index (χ4n) is 4.91. The molecule has 1 N–H and O–H groups in total. The van der Waals surface area contributed by atoms with Gasteiger partial charge in [-0.25, -0.2) is 4.98 Å². The monoisotopic (exact) mass is 511 g/mol. The molecule has 5 heterocycles. The molecular weight excluding hydrogens is 487 g/mol. The van der Waals surface area contributed by atoms with E-state index in [-0.39, 0.29) is 23.3 Å². The maximum atomic E-state index is 13.0. The lowest BCUT2D eigenvalue weighted by Crippen LogP contribution is -2.47.